The molecule has 4 rings (SSSR count). The molecular weight excluding hydrogens is 526 g/mol. The molecule has 0 spiro atoms. The number of nitrogens with zero attached hydrogens (tertiary/aromatic N) is 1. The van der Waals surface area contributed by atoms with Crippen LogP contribution in [0.1, 0.15) is 89.3 Å². The third kappa shape index (κ3) is 6.89. The fourth-order valence-corrected chi connectivity index (χ4v) is 6.07. The second kappa shape index (κ2) is 13.5. The molecule has 0 saturated carbocycles. The van der Waals surface area contributed by atoms with Gasteiger partial charge in [0.25, 0.3) is 5.91 Å². The molecule has 3 aliphatic rings. The van der Waals surface area contributed by atoms with Gasteiger partial charge >= 0.3 is 5.97 Å². The lowest BCUT2D eigenvalue weighted by Crippen LogP contribution is -2.57. The van der Waals surface area contributed by atoms with E-state index in [1.807, 2.05) is 32.0 Å². The zero-order valence-electron chi connectivity index (χ0n) is 24.5. The van der Waals surface area contributed by atoms with Gasteiger partial charge in [0.05, 0.1) is 12.1 Å². The number of rotatable bonds is 10. The highest BCUT2D eigenvalue weighted by Crippen LogP contribution is 2.35. The first-order valence-electron chi connectivity index (χ1n) is 14.9. The average molecular weight is 570 g/mol. The van der Waals surface area contributed by atoms with E-state index in [9.17, 15) is 24.0 Å². The molecule has 2 fully saturated rings. The second-order valence-electron chi connectivity index (χ2n) is 11.4. The topological polar surface area (TPSA) is 146 Å². The first-order chi connectivity index (χ1) is 19.6. The number of likely N-dealkylation sites (tertiary alicyclic amines) is 1. The van der Waals surface area contributed by atoms with Gasteiger partial charge in [0, 0.05) is 24.6 Å². The molecule has 2 saturated heterocycles. The van der Waals surface area contributed by atoms with Gasteiger partial charge in [0.15, 0.2) is 6.10 Å². The maximum Gasteiger partial charge on any atom is 0.306 e. The standard InChI is InChI=1S/C30H43N5O6/c1-5-8-23(34-27(37)18(3)31-4)30(40)35-17(2)13-14-24(35)28(38)32-21-11-6-10-20-19(21)9-7-12-22(20)33-29(39)25-15-16-26(36)41-25/h7,9,12,17-18,21,23-25,31H,5-6,8,10-11,13-16H2,1-4H3,(H,32,38)(H,33,39)(H,34,37)/t17-,18-,21+,23-,24-,25?/m0/s1. The average Bonchev–Trinajstić information content (AvgIpc) is 3.57. The van der Waals surface area contributed by atoms with Gasteiger partial charge in [0.2, 0.25) is 17.7 Å². The van der Waals surface area contributed by atoms with Crippen molar-refractivity contribution in [1.82, 2.24) is 20.9 Å². The number of benzene rings is 1. The van der Waals surface area contributed by atoms with Crippen molar-refractivity contribution in [3.63, 3.8) is 0 Å². The van der Waals surface area contributed by atoms with Crippen molar-refractivity contribution in [2.24, 2.45) is 0 Å². The number of carbonyl (C=O) groups excluding carboxylic acids is 5. The summed E-state index contributed by atoms with van der Waals surface area (Å²) < 4.78 is 5.11. The Bertz CT molecular complexity index is 1170. The Balaban J connectivity index is 1.47. The highest BCUT2D eigenvalue weighted by Gasteiger charge is 2.42. The molecule has 6 atom stereocenters. The molecule has 2 aliphatic heterocycles. The van der Waals surface area contributed by atoms with Crippen molar-refractivity contribution in [3.8, 4) is 0 Å². The van der Waals surface area contributed by atoms with Gasteiger partial charge in [-0.05, 0) is 76.6 Å². The van der Waals surface area contributed by atoms with E-state index in [4.69, 9.17) is 4.74 Å². The molecule has 0 aromatic heterocycles. The minimum atomic E-state index is -0.784. The molecule has 4 amide bonds. The predicted octanol–water partition coefficient (Wildman–Crippen LogP) is 2.10. The highest BCUT2D eigenvalue weighted by atomic mass is 16.6. The quantitative estimate of drug-likeness (QED) is 0.316. The SMILES string of the molecule is CCC[C@H](NC(=O)[C@H](C)NC)C(=O)N1[C@@H](C)CC[C@H]1C(=O)N[C@@H]1CCCc2c(NC(=O)C3CCC(=O)O3)cccc21. The third-order valence-corrected chi connectivity index (χ3v) is 8.50. The van der Waals surface area contributed by atoms with Gasteiger partial charge < -0.3 is 30.9 Å². The van der Waals surface area contributed by atoms with Crippen LogP contribution in [0.2, 0.25) is 0 Å². The van der Waals surface area contributed by atoms with Gasteiger partial charge in [0.1, 0.15) is 12.1 Å². The highest BCUT2D eigenvalue weighted by molar-refractivity contribution is 5.97. The number of hydrogen-bond donors (Lipinski definition) is 4. The van der Waals surface area contributed by atoms with Crippen molar-refractivity contribution < 1.29 is 28.7 Å². The van der Waals surface area contributed by atoms with Crippen LogP contribution in [0.3, 0.4) is 0 Å². The summed E-state index contributed by atoms with van der Waals surface area (Å²) in [7, 11) is 1.69. The first kappa shape index (κ1) is 30.5. The first-order valence-corrected chi connectivity index (χ1v) is 14.9. The lowest BCUT2D eigenvalue weighted by molar-refractivity contribution is -0.146. The zero-order chi connectivity index (χ0) is 29.7. The predicted molar refractivity (Wildman–Crippen MR) is 153 cm³/mol. The maximum atomic E-state index is 13.7. The monoisotopic (exact) mass is 569 g/mol. The number of ether oxygens (including phenoxy) is 1. The summed E-state index contributed by atoms with van der Waals surface area (Å²) in [6.07, 6.45) is 4.58. The summed E-state index contributed by atoms with van der Waals surface area (Å²) in [4.78, 5) is 65.8. The van der Waals surface area contributed by atoms with Crippen molar-refractivity contribution >= 4 is 35.3 Å². The van der Waals surface area contributed by atoms with E-state index in [-0.39, 0.29) is 48.1 Å². The van der Waals surface area contributed by atoms with Crippen LogP contribution in [-0.4, -0.2) is 71.8 Å². The van der Waals surface area contributed by atoms with E-state index < -0.39 is 24.2 Å². The van der Waals surface area contributed by atoms with Crippen LogP contribution in [0.25, 0.3) is 0 Å². The van der Waals surface area contributed by atoms with Gasteiger partial charge in [-0.15, -0.1) is 0 Å². The van der Waals surface area contributed by atoms with Crippen LogP contribution in [-0.2, 0) is 35.1 Å². The van der Waals surface area contributed by atoms with E-state index >= 15 is 0 Å². The summed E-state index contributed by atoms with van der Waals surface area (Å²) >= 11 is 0. The Morgan fingerprint density at radius 2 is 1.85 bits per heavy atom. The van der Waals surface area contributed by atoms with Gasteiger partial charge in [-0.25, -0.2) is 0 Å². The van der Waals surface area contributed by atoms with Gasteiger partial charge in [-0.2, -0.15) is 0 Å². The Morgan fingerprint density at radius 1 is 1.07 bits per heavy atom. The molecule has 0 bridgehead atoms. The number of nitrogens with one attached hydrogen (secondary N) is 4. The van der Waals surface area contributed by atoms with Crippen LogP contribution < -0.4 is 21.3 Å². The number of anilines is 1. The normalized spacial score (nSPS) is 25.1. The van der Waals surface area contributed by atoms with E-state index in [2.05, 4.69) is 21.3 Å². The molecule has 1 aromatic carbocycles. The maximum absolute atomic E-state index is 13.7. The fourth-order valence-electron chi connectivity index (χ4n) is 6.07. The second-order valence-corrected chi connectivity index (χ2v) is 11.4. The molecule has 1 aliphatic carbocycles. The van der Waals surface area contributed by atoms with Crippen molar-refractivity contribution in [3.05, 3.63) is 29.3 Å². The fraction of sp³-hybridized carbons (Fsp3) is 0.633. The number of hydrogen-bond acceptors (Lipinski definition) is 7. The number of esters is 1. The van der Waals surface area contributed by atoms with Crippen LogP contribution >= 0.6 is 0 Å². The minimum absolute atomic E-state index is 0.124. The molecule has 224 valence electrons. The molecule has 41 heavy (non-hydrogen) atoms. The summed E-state index contributed by atoms with van der Waals surface area (Å²) in [6, 6.07) is 3.49. The molecule has 11 heteroatoms. The van der Waals surface area contributed by atoms with Crippen molar-refractivity contribution in [2.75, 3.05) is 12.4 Å². The van der Waals surface area contributed by atoms with Crippen LogP contribution in [0.15, 0.2) is 18.2 Å². The molecule has 4 N–H and O–H groups in total. The minimum Gasteiger partial charge on any atom is -0.452 e. The number of cyclic esters (lactones) is 1. The van der Waals surface area contributed by atoms with Crippen LogP contribution in [0.4, 0.5) is 5.69 Å². The summed E-state index contributed by atoms with van der Waals surface area (Å²) in [6.45, 7) is 5.64. The Kier molecular flexibility index (Phi) is 10.0. The Labute approximate surface area is 241 Å². The summed E-state index contributed by atoms with van der Waals surface area (Å²) in [5.74, 6) is -1.40. The molecular formula is C30H43N5O6. The number of carbonyl (C=O) groups is 5. The smallest absolute Gasteiger partial charge is 0.306 e. The third-order valence-electron chi connectivity index (χ3n) is 8.50. The van der Waals surface area contributed by atoms with Crippen LogP contribution in [0.5, 0.6) is 0 Å². The van der Waals surface area contributed by atoms with Crippen LogP contribution in [0, 0.1) is 0 Å². The number of likely N-dealkylation sites (N-methyl/N-ethyl adjacent to an activating group) is 1. The Morgan fingerprint density at radius 3 is 2.54 bits per heavy atom. The largest absolute Gasteiger partial charge is 0.452 e. The van der Waals surface area contributed by atoms with Crippen molar-refractivity contribution in [1.29, 1.82) is 0 Å². The molecule has 11 nitrogen and oxygen atoms in total. The van der Waals surface area contributed by atoms with E-state index in [0.29, 0.717) is 37.8 Å². The summed E-state index contributed by atoms with van der Waals surface area (Å²) in [5, 5.41) is 11.9. The van der Waals surface area contributed by atoms with Crippen molar-refractivity contribution in [2.45, 2.75) is 115 Å². The summed E-state index contributed by atoms with van der Waals surface area (Å²) in [5.41, 5.74) is 2.56. The zero-order valence-corrected chi connectivity index (χ0v) is 24.5. The van der Waals surface area contributed by atoms with Gasteiger partial charge in [-0.3, -0.25) is 24.0 Å². The molecule has 0 radical (unpaired) electrons. The van der Waals surface area contributed by atoms with E-state index in [0.717, 1.165) is 30.4 Å². The molecule has 1 unspecified atom stereocenters. The van der Waals surface area contributed by atoms with Gasteiger partial charge in [-0.1, -0.05) is 25.5 Å². The number of amides is 4. The lowest BCUT2D eigenvalue weighted by Gasteiger charge is -2.34. The molecule has 1 aromatic rings. The number of fused-ring (bicyclic) bond motifs is 1. The lowest BCUT2D eigenvalue weighted by atomic mass is 9.86. The van der Waals surface area contributed by atoms with E-state index in [1.165, 1.54) is 0 Å². The molecule has 2 heterocycles. The Hall–Kier alpha value is -3.47. The van der Waals surface area contributed by atoms with E-state index in [1.54, 1.807) is 18.9 Å².